The molecule has 0 saturated carbocycles. The van der Waals surface area contributed by atoms with Gasteiger partial charge in [0.15, 0.2) is 11.5 Å². The number of methoxy groups -OCH3 is 1. The minimum atomic E-state index is -0.359. The highest BCUT2D eigenvalue weighted by Crippen LogP contribution is 2.29. The lowest BCUT2D eigenvalue weighted by atomic mass is 10.1. The van der Waals surface area contributed by atoms with Crippen LogP contribution in [-0.4, -0.2) is 47.3 Å². The van der Waals surface area contributed by atoms with Crippen molar-refractivity contribution in [2.24, 2.45) is 0 Å². The Morgan fingerprint density at radius 2 is 2.22 bits per heavy atom. The maximum atomic E-state index is 12.2. The fraction of sp³-hybridized carbons (Fsp3) is 0.462. The summed E-state index contributed by atoms with van der Waals surface area (Å²) in [5.41, 5.74) is 0.131. The summed E-state index contributed by atoms with van der Waals surface area (Å²) < 4.78 is 5.26. The number of carbonyl (C=O) groups is 1. The van der Waals surface area contributed by atoms with Crippen molar-refractivity contribution in [3.8, 4) is 11.5 Å². The zero-order valence-corrected chi connectivity index (χ0v) is 10.3. The molecule has 1 aliphatic heterocycles. The van der Waals surface area contributed by atoms with Crippen LogP contribution in [0.3, 0.4) is 0 Å². The average molecular weight is 251 g/mol. The van der Waals surface area contributed by atoms with E-state index in [1.807, 2.05) is 0 Å². The van der Waals surface area contributed by atoms with Crippen LogP contribution in [0.4, 0.5) is 0 Å². The van der Waals surface area contributed by atoms with E-state index in [9.17, 15) is 15.0 Å². The summed E-state index contributed by atoms with van der Waals surface area (Å²) in [6, 6.07) is 4.40. The van der Waals surface area contributed by atoms with Crippen molar-refractivity contribution in [3.63, 3.8) is 0 Å². The number of phenolic OH excluding ortho intramolecular Hbond substituents is 2. The van der Waals surface area contributed by atoms with Crippen molar-refractivity contribution in [3.05, 3.63) is 23.8 Å². The lowest BCUT2D eigenvalue weighted by Gasteiger charge is -2.32. The summed E-state index contributed by atoms with van der Waals surface area (Å²) in [7, 11) is 1.63. The molecule has 0 radical (unpaired) electrons. The molecule has 1 atom stereocenters. The third kappa shape index (κ3) is 2.41. The Balaban J connectivity index is 2.18. The molecule has 0 aromatic heterocycles. The van der Waals surface area contributed by atoms with E-state index in [-0.39, 0.29) is 29.1 Å². The van der Waals surface area contributed by atoms with Gasteiger partial charge < -0.3 is 19.8 Å². The predicted molar refractivity (Wildman–Crippen MR) is 65.7 cm³/mol. The Kier molecular flexibility index (Phi) is 3.72. The molecule has 18 heavy (non-hydrogen) atoms. The number of ether oxygens (including phenoxy) is 1. The van der Waals surface area contributed by atoms with Crippen molar-refractivity contribution in [2.75, 3.05) is 20.2 Å². The molecule has 0 spiro atoms. The van der Waals surface area contributed by atoms with Gasteiger partial charge in [-0.3, -0.25) is 4.79 Å². The number of phenols is 2. The van der Waals surface area contributed by atoms with Crippen LogP contribution >= 0.6 is 0 Å². The van der Waals surface area contributed by atoms with Crippen LogP contribution in [0.25, 0.3) is 0 Å². The molecule has 0 aliphatic carbocycles. The summed E-state index contributed by atoms with van der Waals surface area (Å²) in [6.45, 7) is 1.16. The molecular formula is C13H17NO4. The van der Waals surface area contributed by atoms with E-state index in [1.165, 1.54) is 12.1 Å². The maximum Gasteiger partial charge on any atom is 0.257 e. The van der Waals surface area contributed by atoms with Crippen LogP contribution in [-0.2, 0) is 4.74 Å². The second-order valence-electron chi connectivity index (χ2n) is 4.42. The van der Waals surface area contributed by atoms with Gasteiger partial charge in [0.25, 0.3) is 5.91 Å². The largest absolute Gasteiger partial charge is 0.504 e. The van der Waals surface area contributed by atoms with Gasteiger partial charge in [-0.05, 0) is 25.0 Å². The number of aromatic hydroxyl groups is 2. The van der Waals surface area contributed by atoms with Crippen molar-refractivity contribution in [2.45, 2.75) is 18.9 Å². The first-order valence-corrected chi connectivity index (χ1v) is 5.96. The number of hydrogen-bond donors (Lipinski definition) is 2. The standard InChI is InChI=1S/C13H17NO4/c1-18-9-4-3-7-14(8-9)13(17)10-5-2-6-11(15)12(10)16/h2,5-6,9,15-16H,3-4,7-8H2,1H3. The van der Waals surface area contributed by atoms with Gasteiger partial charge in [-0.2, -0.15) is 0 Å². The van der Waals surface area contributed by atoms with Gasteiger partial charge in [-0.25, -0.2) is 0 Å². The fourth-order valence-electron chi connectivity index (χ4n) is 2.19. The number of rotatable bonds is 2. The van der Waals surface area contributed by atoms with Crippen LogP contribution in [0.15, 0.2) is 18.2 Å². The van der Waals surface area contributed by atoms with Crippen molar-refractivity contribution in [1.82, 2.24) is 4.90 Å². The molecule has 1 unspecified atom stereocenters. The minimum absolute atomic E-state index is 0.0437. The number of benzene rings is 1. The Labute approximate surface area is 106 Å². The normalized spacial score (nSPS) is 19.8. The Hall–Kier alpha value is -1.75. The molecule has 1 fully saturated rings. The van der Waals surface area contributed by atoms with Crippen LogP contribution < -0.4 is 0 Å². The van der Waals surface area contributed by atoms with Crippen molar-refractivity contribution < 1.29 is 19.7 Å². The smallest absolute Gasteiger partial charge is 0.257 e. The number of piperidine rings is 1. The van der Waals surface area contributed by atoms with Crippen LogP contribution in [0.1, 0.15) is 23.2 Å². The van der Waals surface area contributed by atoms with Crippen LogP contribution in [0, 0.1) is 0 Å². The van der Waals surface area contributed by atoms with E-state index in [0.29, 0.717) is 13.1 Å². The van der Waals surface area contributed by atoms with Gasteiger partial charge in [0.2, 0.25) is 0 Å². The molecule has 1 amide bonds. The minimum Gasteiger partial charge on any atom is -0.504 e. The highest BCUT2D eigenvalue weighted by molar-refractivity contribution is 5.97. The highest BCUT2D eigenvalue weighted by Gasteiger charge is 2.26. The van der Waals surface area contributed by atoms with E-state index in [4.69, 9.17) is 4.74 Å². The van der Waals surface area contributed by atoms with Crippen molar-refractivity contribution in [1.29, 1.82) is 0 Å². The molecule has 1 saturated heterocycles. The zero-order valence-electron chi connectivity index (χ0n) is 10.3. The van der Waals surface area contributed by atoms with E-state index in [1.54, 1.807) is 18.1 Å². The van der Waals surface area contributed by atoms with Crippen LogP contribution in [0.5, 0.6) is 11.5 Å². The Morgan fingerprint density at radius 1 is 1.44 bits per heavy atom. The molecule has 1 aromatic carbocycles. The van der Waals surface area contributed by atoms with Gasteiger partial charge >= 0.3 is 0 Å². The van der Waals surface area contributed by atoms with Gasteiger partial charge in [0, 0.05) is 20.2 Å². The molecule has 98 valence electrons. The Morgan fingerprint density at radius 3 is 2.94 bits per heavy atom. The lowest BCUT2D eigenvalue weighted by molar-refractivity contribution is 0.0267. The van der Waals surface area contributed by atoms with Crippen molar-refractivity contribution >= 4 is 5.91 Å². The molecule has 2 N–H and O–H groups in total. The maximum absolute atomic E-state index is 12.2. The molecule has 0 bridgehead atoms. The van der Waals surface area contributed by atoms with E-state index < -0.39 is 0 Å². The SMILES string of the molecule is COC1CCCN(C(=O)c2cccc(O)c2O)C1. The predicted octanol–water partition coefficient (Wildman–Crippen LogP) is 1.35. The first-order chi connectivity index (χ1) is 8.63. The monoisotopic (exact) mass is 251 g/mol. The average Bonchev–Trinajstić information content (AvgIpc) is 2.41. The first-order valence-electron chi connectivity index (χ1n) is 5.96. The number of hydrogen-bond acceptors (Lipinski definition) is 4. The molecular weight excluding hydrogens is 234 g/mol. The fourth-order valence-corrected chi connectivity index (χ4v) is 2.19. The van der Waals surface area contributed by atoms with E-state index in [2.05, 4.69) is 0 Å². The van der Waals surface area contributed by atoms with Crippen LogP contribution in [0.2, 0.25) is 0 Å². The third-order valence-corrected chi connectivity index (χ3v) is 3.24. The van der Waals surface area contributed by atoms with Gasteiger partial charge in [-0.15, -0.1) is 0 Å². The summed E-state index contributed by atoms with van der Waals surface area (Å²) in [4.78, 5) is 13.9. The number of para-hydroxylation sites is 1. The summed E-state index contributed by atoms with van der Waals surface area (Å²) >= 11 is 0. The molecule has 1 aromatic rings. The second kappa shape index (κ2) is 5.27. The second-order valence-corrected chi connectivity index (χ2v) is 4.42. The summed E-state index contributed by atoms with van der Waals surface area (Å²) in [5, 5.41) is 19.1. The molecule has 1 heterocycles. The van der Waals surface area contributed by atoms with Gasteiger partial charge in [-0.1, -0.05) is 6.07 Å². The number of nitrogens with zero attached hydrogens (tertiary/aromatic N) is 1. The first kappa shape index (κ1) is 12.7. The number of carbonyl (C=O) groups excluding carboxylic acids is 1. The molecule has 1 aliphatic rings. The van der Waals surface area contributed by atoms with Gasteiger partial charge in [0.05, 0.1) is 11.7 Å². The van der Waals surface area contributed by atoms with E-state index in [0.717, 1.165) is 12.8 Å². The summed E-state index contributed by atoms with van der Waals surface area (Å²) in [5.74, 6) is -0.909. The van der Waals surface area contributed by atoms with E-state index >= 15 is 0 Å². The highest BCUT2D eigenvalue weighted by atomic mass is 16.5. The lowest BCUT2D eigenvalue weighted by Crippen LogP contribution is -2.42. The topological polar surface area (TPSA) is 70.0 Å². The number of likely N-dealkylation sites (tertiary alicyclic amines) is 1. The zero-order chi connectivity index (χ0) is 13.1. The molecule has 5 heteroatoms. The molecule has 2 rings (SSSR count). The van der Waals surface area contributed by atoms with Gasteiger partial charge in [0.1, 0.15) is 0 Å². The molecule has 5 nitrogen and oxygen atoms in total. The quantitative estimate of drug-likeness (QED) is 0.778. The number of amides is 1. The summed E-state index contributed by atoms with van der Waals surface area (Å²) in [6.07, 6.45) is 1.86. The Bertz CT molecular complexity index is 447. The third-order valence-electron chi connectivity index (χ3n) is 3.24.